The van der Waals surface area contributed by atoms with Crippen LogP contribution >= 0.6 is 0 Å². The number of hydrogen-bond donors (Lipinski definition) is 2. The third-order valence-electron chi connectivity index (χ3n) is 2.86. The van der Waals surface area contributed by atoms with Gasteiger partial charge in [-0.1, -0.05) is 43.7 Å². The van der Waals surface area contributed by atoms with Crippen LogP contribution in [-0.4, -0.2) is 26.8 Å². The van der Waals surface area contributed by atoms with Crippen LogP contribution in [0, 0.1) is 6.92 Å². The van der Waals surface area contributed by atoms with Gasteiger partial charge in [-0.2, -0.15) is 0 Å². The first-order valence-corrected chi connectivity index (χ1v) is 8.25. The lowest BCUT2D eigenvalue weighted by molar-refractivity contribution is 0.555. The van der Waals surface area contributed by atoms with Crippen molar-refractivity contribution in [3.63, 3.8) is 0 Å². The molecule has 0 fully saturated rings. The standard InChI is InChI=1S/C14H24N2O2S/c1-11(2)15-9-10-19(17,18)16-13(4)14-7-5-12(3)6-8-14/h5-8,11,13,15-16H,9-10H2,1-4H3. The maximum Gasteiger partial charge on any atom is 0.213 e. The first-order chi connectivity index (χ1) is 8.80. The van der Waals surface area contributed by atoms with E-state index in [2.05, 4.69) is 10.0 Å². The van der Waals surface area contributed by atoms with Crippen LogP contribution in [0.5, 0.6) is 0 Å². The van der Waals surface area contributed by atoms with Crippen LogP contribution in [0.1, 0.15) is 37.9 Å². The van der Waals surface area contributed by atoms with Crippen molar-refractivity contribution in [1.82, 2.24) is 10.0 Å². The fourth-order valence-corrected chi connectivity index (χ4v) is 2.91. The Kier molecular flexibility index (Phi) is 5.97. The summed E-state index contributed by atoms with van der Waals surface area (Å²) in [6.45, 7) is 8.33. The molecule has 1 rings (SSSR count). The molecule has 4 nitrogen and oxygen atoms in total. The van der Waals surface area contributed by atoms with Gasteiger partial charge in [0.2, 0.25) is 10.0 Å². The Morgan fingerprint density at radius 2 is 1.68 bits per heavy atom. The van der Waals surface area contributed by atoms with Crippen LogP contribution < -0.4 is 10.0 Å². The van der Waals surface area contributed by atoms with Crippen LogP contribution in [0.2, 0.25) is 0 Å². The minimum absolute atomic E-state index is 0.0986. The maximum absolute atomic E-state index is 11.9. The Bertz CT molecular complexity index is 481. The van der Waals surface area contributed by atoms with Gasteiger partial charge < -0.3 is 5.32 Å². The highest BCUT2D eigenvalue weighted by Gasteiger charge is 2.15. The van der Waals surface area contributed by atoms with E-state index >= 15 is 0 Å². The molecule has 0 spiro atoms. The van der Waals surface area contributed by atoms with E-state index < -0.39 is 10.0 Å². The van der Waals surface area contributed by atoms with E-state index in [1.807, 2.05) is 52.0 Å². The molecular weight excluding hydrogens is 260 g/mol. The van der Waals surface area contributed by atoms with E-state index in [1.54, 1.807) is 0 Å². The molecule has 0 saturated heterocycles. The summed E-state index contributed by atoms with van der Waals surface area (Å²) >= 11 is 0. The van der Waals surface area contributed by atoms with Crippen LogP contribution in [0.3, 0.4) is 0 Å². The van der Waals surface area contributed by atoms with Crippen LogP contribution in [-0.2, 0) is 10.0 Å². The van der Waals surface area contributed by atoms with Gasteiger partial charge in [0.1, 0.15) is 0 Å². The van der Waals surface area contributed by atoms with Gasteiger partial charge in [-0.05, 0) is 19.4 Å². The maximum atomic E-state index is 11.9. The Labute approximate surface area is 116 Å². The highest BCUT2D eigenvalue weighted by Crippen LogP contribution is 2.14. The molecule has 19 heavy (non-hydrogen) atoms. The minimum Gasteiger partial charge on any atom is -0.313 e. The highest BCUT2D eigenvalue weighted by atomic mass is 32.2. The molecule has 0 aliphatic carbocycles. The number of aryl methyl sites for hydroxylation is 1. The largest absolute Gasteiger partial charge is 0.313 e. The van der Waals surface area contributed by atoms with Crippen molar-refractivity contribution in [3.05, 3.63) is 35.4 Å². The van der Waals surface area contributed by atoms with Crippen molar-refractivity contribution < 1.29 is 8.42 Å². The molecule has 0 radical (unpaired) electrons. The lowest BCUT2D eigenvalue weighted by atomic mass is 10.1. The smallest absolute Gasteiger partial charge is 0.213 e. The topological polar surface area (TPSA) is 58.2 Å². The second-order valence-electron chi connectivity index (χ2n) is 5.18. The van der Waals surface area contributed by atoms with Crippen LogP contribution in [0.4, 0.5) is 0 Å². The van der Waals surface area contributed by atoms with Gasteiger partial charge >= 0.3 is 0 Å². The summed E-state index contributed by atoms with van der Waals surface area (Å²) in [6, 6.07) is 7.97. The Balaban J connectivity index is 2.55. The fraction of sp³-hybridized carbons (Fsp3) is 0.571. The molecular formula is C14H24N2O2S. The normalized spacial score (nSPS) is 13.7. The summed E-state index contributed by atoms with van der Waals surface area (Å²) in [5, 5.41) is 3.10. The average molecular weight is 284 g/mol. The zero-order chi connectivity index (χ0) is 14.5. The number of nitrogens with one attached hydrogen (secondary N) is 2. The molecule has 0 heterocycles. The first kappa shape index (κ1) is 16.1. The van der Waals surface area contributed by atoms with E-state index in [4.69, 9.17) is 0 Å². The quantitative estimate of drug-likeness (QED) is 0.805. The van der Waals surface area contributed by atoms with E-state index in [0.29, 0.717) is 12.6 Å². The van der Waals surface area contributed by atoms with Gasteiger partial charge in [-0.15, -0.1) is 0 Å². The molecule has 0 saturated carbocycles. The van der Waals surface area contributed by atoms with Crippen LogP contribution in [0.15, 0.2) is 24.3 Å². The van der Waals surface area contributed by atoms with Crippen molar-refractivity contribution in [2.75, 3.05) is 12.3 Å². The second-order valence-corrected chi connectivity index (χ2v) is 7.05. The molecule has 1 atom stereocenters. The molecule has 1 unspecified atom stereocenters. The second kappa shape index (κ2) is 7.03. The van der Waals surface area contributed by atoms with Crippen molar-refractivity contribution >= 4 is 10.0 Å². The van der Waals surface area contributed by atoms with Crippen LogP contribution in [0.25, 0.3) is 0 Å². The molecule has 1 aromatic rings. The number of hydrogen-bond acceptors (Lipinski definition) is 3. The Hall–Kier alpha value is -0.910. The first-order valence-electron chi connectivity index (χ1n) is 6.60. The summed E-state index contributed by atoms with van der Waals surface area (Å²) in [5.41, 5.74) is 2.14. The van der Waals surface area contributed by atoms with Gasteiger partial charge in [-0.3, -0.25) is 0 Å². The van der Waals surface area contributed by atoms with Crippen molar-refractivity contribution in [3.8, 4) is 0 Å². The van der Waals surface area contributed by atoms with Gasteiger partial charge in [0.05, 0.1) is 5.75 Å². The molecule has 5 heteroatoms. The van der Waals surface area contributed by atoms with E-state index in [0.717, 1.165) is 5.56 Å². The summed E-state index contributed by atoms with van der Waals surface area (Å²) in [7, 11) is -3.25. The molecule has 0 aliphatic rings. The van der Waals surface area contributed by atoms with E-state index in [9.17, 15) is 8.42 Å². The molecule has 2 N–H and O–H groups in total. The third kappa shape index (κ3) is 6.18. The average Bonchev–Trinajstić information content (AvgIpc) is 2.28. The minimum atomic E-state index is -3.25. The predicted molar refractivity (Wildman–Crippen MR) is 79.7 cm³/mol. The Morgan fingerprint density at radius 3 is 2.21 bits per heavy atom. The lowest BCUT2D eigenvalue weighted by Gasteiger charge is -2.15. The number of sulfonamides is 1. The highest BCUT2D eigenvalue weighted by molar-refractivity contribution is 7.89. The van der Waals surface area contributed by atoms with Crippen molar-refractivity contribution in [1.29, 1.82) is 0 Å². The Morgan fingerprint density at radius 1 is 1.11 bits per heavy atom. The SMILES string of the molecule is Cc1ccc(C(C)NS(=O)(=O)CCNC(C)C)cc1. The van der Waals surface area contributed by atoms with Crippen molar-refractivity contribution in [2.24, 2.45) is 0 Å². The summed E-state index contributed by atoms with van der Waals surface area (Å²) in [5.74, 6) is 0.0986. The third-order valence-corrected chi connectivity index (χ3v) is 4.31. The predicted octanol–water partition coefficient (Wildman–Crippen LogP) is 1.97. The van der Waals surface area contributed by atoms with E-state index in [1.165, 1.54) is 5.56 Å². The molecule has 1 aromatic carbocycles. The van der Waals surface area contributed by atoms with Gasteiger partial charge in [0.15, 0.2) is 0 Å². The molecule has 0 amide bonds. The lowest BCUT2D eigenvalue weighted by Crippen LogP contribution is -2.35. The summed E-state index contributed by atoms with van der Waals surface area (Å²) in [4.78, 5) is 0. The van der Waals surface area contributed by atoms with Gasteiger partial charge in [0.25, 0.3) is 0 Å². The summed E-state index contributed by atoms with van der Waals surface area (Å²) in [6.07, 6.45) is 0. The molecule has 0 bridgehead atoms. The van der Waals surface area contributed by atoms with E-state index in [-0.39, 0.29) is 11.8 Å². The zero-order valence-corrected chi connectivity index (χ0v) is 12.9. The molecule has 0 aliphatic heterocycles. The summed E-state index contributed by atoms with van der Waals surface area (Å²) < 4.78 is 26.5. The molecule has 108 valence electrons. The van der Waals surface area contributed by atoms with Crippen molar-refractivity contribution in [2.45, 2.75) is 39.8 Å². The van der Waals surface area contributed by atoms with Gasteiger partial charge in [-0.25, -0.2) is 13.1 Å². The number of benzene rings is 1. The fourth-order valence-electron chi connectivity index (χ4n) is 1.73. The zero-order valence-electron chi connectivity index (χ0n) is 12.1. The van der Waals surface area contributed by atoms with Gasteiger partial charge in [0, 0.05) is 18.6 Å². The monoisotopic (exact) mass is 284 g/mol. The number of rotatable bonds is 7. The molecule has 0 aromatic heterocycles.